The van der Waals surface area contributed by atoms with Crippen LogP contribution in [0.3, 0.4) is 0 Å². The summed E-state index contributed by atoms with van der Waals surface area (Å²) in [6, 6.07) is 8.66. The molecule has 0 spiro atoms. The van der Waals surface area contributed by atoms with Gasteiger partial charge in [0.2, 0.25) is 41.3 Å². The third-order valence-electron chi connectivity index (χ3n) is 8.94. The predicted molar refractivity (Wildman–Crippen MR) is 270 cm³/mol. The van der Waals surface area contributed by atoms with Crippen molar-refractivity contribution in [2.75, 3.05) is 37.2 Å². The van der Waals surface area contributed by atoms with Gasteiger partial charge in [-0.1, -0.05) is 68.9 Å². The zero-order valence-corrected chi connectivity index (χ0v) is 45.6. The number of alkyl halides is 4. The van der Waals surface area contributed by atoms with E-state index in [1.165, 1.54) is 62.3 Å². The molecular weight excluding hydrogens is 1190 g/mol. The van der Waals surface area contributed by atoms with Crippen LogP contribution in [-0.4, -0.2) is 123 Å². The first-order chi connectivity index (χ1) is 37.3. The molecule has 2 aromatic carbocycles. The fraction of sp³-hybridized carbons (Fsp3) is 0.256. The van der Waals surface area contributed by atoms with Crippen LogP contribution in [-0.2, 0) is 35.3 Å². The molecule has 0 saturated carbocycles. The molecule has 37 heteroatoms. The number of carbonyl (C=O) groups excluding carboxylic acids is 2. The molecule has 6 rings (SSSR count). The zero-order valence-electron chi connectivity index (χ0n) is 41.6. The Balaban J connectivity index is 0.000000261. The molecular formula is C43H41Cl2F4N11O17S3. The third-order valence-corrected chi connectivity index (χ3v) is 14.1. The molecule has 4 amide bonds. The smallest absolute Gasteiger partial charge is 0.442 e. The van der Waals surface area contributed by atoms with Crippen LogP contribution in [0.4, 0.5) is 39.0 Å². The molecule has 0 bridgehead atoms. The predicted octanol–water partition coefficient (Wildman–Crippen LogP) is 5.52. The van der Waals surface area contributed by atoms with Crippen LogP contribution >= 0.6 is 23.2 Å². The average molecular weight is 1230 g/mol. The highest BCUT2D eigenvalue weighted by molar-refractivity contribution is 7.93. The molecule has 0 saturated heterocycles. The Bertz CT molecular complexity index is 3650. The number of pyridine rings is 1. The van der Waals surface area contributed by atoms with Crippen LogP contribution in [0.5, 0.6) is 29.3 Å². The molecule has 0 aliphatic rings. The molecule has 28 nitrogen and oxygen atoms in total. The highest BCUT2D eigenvalue weighted by Gasteiger charge is 2.30. The topological polar surface area (TPSA) is 381 Å². The maximum atomic E-state index is 12.5. The number of aromatic nitrogens is 7. The molecule has 4 aromatic heterocycles. The molecule has 0 fully saturated rings. The van der Waals surface area contributed by atoms with Gasteiger partial charge in [-0.3, -0.25) is 10.6 Å². The summed E-state index contributed by atoms with van der Waals surface area (Å²) in [7, 11) is -10.6. The number of benzene rings is 2. The Morgan fingerprint density at radius 3 is 1.77 bits per heavy atom. The van der Waals surface area contributed by atoms with E-state index < -0.39 is 110 Å². The summed E-state index contributed by atoms with van der Waals surface area (Å²) in [6.07, 6.45) is 6.25. The summed E-state index contributed by atoms with van der Waals surface area (Å²) >= 11 is 12.2. The number of sulfone groups is 1. The van der Waals surface area contributed by atoms with Gasteiger partial charge in [-0.25, -0.2) is 50.4 Å². The first-order valence-corrected chi connectivity index (χ1v) is 26.8. The van der Waals surface area contributed by atoms with E-state index >= 15 is 0 Å². The van der Waals surface area contributed by atoms with Crippen LogP contribution in [0.25, 0.3) is 5.69 Å². The van der Waals surface area contributed by atoms with Crippen LogP contribution in [0.15, 0.2) is 90.9 Å². The molecule has 5 N–H and O–H groups in total. The Morgan fingerprint density at radius 1 is 0.775 bits per heavy atom. The number of ether oxygens (including phenoxy) is 5. The Hall–Kier alpha value is -8.59. The SMILES string of the molecule is C#CCOc1cc(-n2nc(C(C)(C)C)oc2=O)c(Cl)cc1Cl.CCS(=O)(=O)c1cccnc1S(=O)(=O)NC(=O)Nc1nc(OC)cc(OC)n1.O=C(Nc1nc(OC(F)F)cc(OC(F)F)n1)NS(=O)(=O)c1ccccc1C(=O)O. The Labute approximate surface area is 460 Å². The van der Waals surface area contributed by atoms with Crippen molar-refractivity contribution in [3.63, 3.8) is 0 Å². The number of aromatic carboxylic acids is 1. The molecule has 0 aliphatic heterocycles. The maximum Gasteiger partial charge on any atom is 0.442 e. The minimum absolute atomic E-state index is 0.0434. The molecule has 0 atom stereocenters. The number of hydrogen-bond acceptors (Lipinski definition) is 22. The quantitative estimate of drug-likeness (QED) is 0.0522. The number of urea groups is 2. The van der Waals surface area contributed by atoms with Gasteiger partial charge in [0.25, 0.3) is 20.0 Å². The normalized spacial score (nSPS) is 11.4. The van der Waals surface area contributed by atoms with Crippen LogP contribution in [0, 0.1) is 12.3 Å². The van der Waals surface area contributed by atoms with E-state index in [2.05, 4.69) is 50.7 Å². The third kappa shape index (κ3) is 18.0. The molecule has 430 valence electrons. The fourth-order valence-corrected chi connectivity index (χ4v) is 9.70. The number of carboxylic acids is 1. The number of carbonyl (C=O) groups is 3. The molecule has 6 aromatic rings. The number of anilines is 2. The Kier molecular flexibility index (Phi) is 21.8. The first kappa shape index (κ1) is 63.9. The highest BCUT2D eigenvalue weighted by atomic mass is 35.5. The van der Waals surface area contributed by atoms with Gasteiger partial charge >= 0.3 is 37.0 Å². The van der Waals surface area contributed by atoms with E-state index in [4.69, 9.17) is 53.4 Å². The first-order valence-electron chi connectivity index (χ1n) is 21.4. The van der Waals surface area contributed by atoms with Crippen molar-refractivity contribution < 1.29 is 90.4 Å². The minimum atomic E-state index is -4.71. The maximum absolute atomic E-state index is 12.5. The number of terminal acetylenes is 1. The lowest BCUT2D eigenvalue weighted by Crippen LogP contribution is -2.36. The second-order valence-electron chi connectivity index (χ2n) is 15.6. The van der Waals surface area contributed by atoms with E-state index in [0.29, 0.717) is 23.4 Å². The lowest BCUT2D eigenvalue weighted by molar-refractivity contribution is -0.0579. The van der Waals surface area contributed by atoms with Crippen molar-refractivity contribution in [2.45, 2.75) is 61.1 Å². The number of amides is 4. The van der Waals surface area contributed by atoms with Crippen molar-refractivity contribution >= 4 is 83.0 Å². The Morgan fingerprint density at radius 2 is 1.29 bits per heavy atom. The summed E-state index contributed by atoms with van der Waals surface area (Å²) in [5, 5.41) is 16.8. The van der Waals surface area contributed by atoms with Crippen LogP contribution < -0.4 is 49.5 Å². The van der Waals surface area contributed by atoms with Crippen molar-refractivity contribution in [1.82, 2.24) is 44.1 Å². The standard InChI is InChI=1S/C15H14Cl2N2O3.C14H10F4N4O7S.C14H17N5O7S2/c1-5-6-21-12-8-11(9(16)7-10(12)17)19-14(20)22-13(18-19)15(2,3)4;15-11(16)28-8-5-9(29-12(17)18)20-13(19-8)21-14(25)22-30(26,27)7-4-2-1-3-6(7)10(23)24;1-4-27(21,22)9-6-5-7-15-12(9)28(23,24)19-14(20)18-13-16-10(25-2)8-11(17-13)26-3/h1,7-8H,6H2,2-4H3;1-5,11-12H,(H,23,24)(H2,19,20,21,22,25);5-8H,4H2,1-3H3,(H2,16,17,18,19,20). The van der Waals surface area contributed by atoms with Gasteiger partial charge in [0.15, 0.2) is 14.9 Å². The summed E-state index contributed by atoms with van der Waals surface area (Å²) in [4.78, 5) is 63.7. The summed E-state index contributed by atoms with van der Waals surface area (Å²) in [5.41, 5.74) is -0.747. The number of sulfonamides is 2. The molecule has 80 heavy (non-hydrogen) atoms. The van der Waals surface area contributed by atoms with Crippen LogP contribution in [0.1, 0.15) is 43.9 Å². The largest absolute Gasteiger partial charge is 0.481 e. The monoisotopic (exact) mass is 1230 g/mol. The number of halogens is 6. The number of nitrogens with one attached hydrogen (secondary N) is 4. The van der Waals surface area contributed by atoms with E-state index in [9.17, 15) is 62.0 Å². The minimum Gasteiger partial charge on any atom is -0.481 e. The van der Waals surface area contributed by atoms with Gasteiger partial charge in [-0.15, -0.1) is 11.5 Å². The van der Waals surface area contributed by atoms with Gasteiger partial charge < -0.3 is 33.2 Å². The van der Waals surface area contributed by atoms with Crippen LogP contribution in [0.2, 0.25) is 10.0 Å². The van der Waals surface area contributed by atoms with Crippen molar-refractivity contribution in [2.24, 2.45) is 0 Å². The van der Waals surface area contributed by atoms with E-state index in [-0.39, 0.29) is 40.1 Å². The van der Waals surface area contributed by atoms with Gasteiger partial charge in [-0.2, -0.15) is 50.6 Å². The second kappa shape index (κ2) is 27.3. The summed E-state index contributed by atoms with van der Waals surface area (Å²) < 4.78 is 155. The number of nitrogens with zero attached hydrogens (tertiary/aromatic N) is 7. The summed E-state index contributed by atoms with van der Waals surface area (Å²) in [6.45, 7) is 0.227. The molecule has 0 unspecified atom stereocenters. The van der Waals surface area contributed by atoms with Gasteiger partial charge in [0.1, 0.15) is 22.1 Å². The highest BCUT2D eigenvalue weighted by Crippen LogP contribution is 2.33. The van der Waals surface area contributed by atoms with Gasteiger partial charge in [0, 0.05) is 17.7 Å². The molecule has 0 radical (unpaired) electrons. The summed E-state index contributed by atoms with van der Waals surface area (Å²) in [5.74, 6) is -2.67. The van der Waals surface area contributed by atoms with Crippen molar-refractivity contribution in [3.05, 3.63) is 98.9 Å². The van der Waals surface area contributed by atoms with E-state index in [0.717, 1.165) is 29.1 Å². The lowest BCUT2D eigenvalue weighted by Gasteiger charge is -2.11. The number of methoxy groups -OCH3 is 2. The fourth-order valence-electron chi connectivity index (χ4n) is 5.53. The number of carboxylic acid groups (broad SMARTS) is 1. The van der Waals surface area contributed by atoms with Gasteiger partial charge in [0.05, 0.1) is 53.4 Å². The number of hydrogen-bond donors (Lipinski definition) is 5. The average Bonchev–Trinajstić information content (AvgIpc) is 3.77. The molecule has 0 aliphatic carbocycles. The van der Waals surface area contributed by atoms with Crippen molar-refractivity contribution in [1.29, 1.82) is 0 Å². The molecule has 4 heterocycles. The van der Waals surface area contributed by atoms with Gasteiger partial charge in [-0.05, 0) is 30.3 Å². The zero-order chi connectivity index (χ0) is 59.9. The van der Waals surface area contributed by atoms with E-state index in [1.807, 2.05) is 20.8 Å². The second-order valence-corrected chi connectivity index (χ2v) is 21.9. The van der Waals surface area contributed by atoms with Crippen molar-refractivity contribution in [3.8, 4) is 47.3 Å². The number of rotatable bonds is 18. The lowest BCUT2D eigenvalue weighted by atomic mass is 9.97. The van der Waals surface area contributed by atoms with E-state index in [1.54, 1.807) is 10.0 Å².